The highest BCUT2D eigenvalue weighted by Gasteiger charge is 2.34. The van der Waals surface area contributed by atoms with Crippen molar-refractivity contribution in [1.82, 2.24) is 14.4 Å². The molecule has 6 nitrogen and oxygen atoms in total. The lowest BCUT2D eigenvalue weighted by Gasteiger charge is -2.40. The molecule has 0 radical (unpaired) electrons. The van der Waals surface area contributed by atoms with Crippen LogP contribution in [0.5, 0.6) is 0 Å². The van der Waals surface area contributed by atoms with Gasteiger partial charge in [-0.25, -0.2) is 0 Å². The van der Waals surface area contributed by atoms with E-state index in [-0.39, 0.29) is 17.7 Å². The first kappa shape index (κ1) is 23.0. The van der Waals surface area contributed by atoms with Gasteiger partial charge in [-0.15, -0.1) is 11.3 Å². The average Bonchev–Trinajstić information content (AvgIpc) is 3.46. The lowest BCUT2D eigenvalue weighted by Crippen LogP contribution is -2.53. The number of piperazine rings is 1. The maximum Gasteiger partial charge on any atom is 0.270 e. The van der Waals surface area contributed by atoms with Crippen molar-refractivity contribution in [2.75, 3.05) is 44.2 Å². The van der Waals surface area contributed by atoms with Gasteiger partial charge in [0, 0.05) is 51.5 Å². The van der Waals surface area contributed by atoms with Gasteiger partial charge in [0.15, 0.2) is 0 Å². The number of thiophene rings is 1. The zero-order valence-electron chi connectivity index (χ0n) is 20.4. The minimum Gasteiger partial charge on any atom is -0.368 e. The number of aromatic nitrogens is 1. The first-order chi connectivity index (χ1) is 16.5. The van der Waals surface area contributed by atoms with Gasteiger partial charge >= 0.3 is 0 Å². The molecule has 0 aliphatic carbocycles. The molecule has 2 fully saturated rings. The van der Waals surface area contributed by atoms with Crippen LogP contribution in [0.3, 0.4) is 0 Å². The third kappa shape index (κ3) is 4.11. The second-order valence-electron chi connectivity index (χ2n) is 9.57. The van der Waals surface area contributed by atoms with Gasteiger partial charge in [0.25, 0.3) is 5.91 Å². The molecule has 180 valence electrons. The van der Waals surface area contributed by atoms with E-state index in [4.69, 9.17) is 0 Å². The summed E-state index contributed by atoms with van der Waals surface area (Å²) in [6.07, 6.45) is 1.75. The summed E-state index contributed by atoms with van der Waals surface area (Å²) in [4.78, 5) is 33.2. The number of likely N-dealkylation sites (tertiary alicyclic amines) is 1. The summed E-state index contributed by atoms with van der Waals surface area (Å²) in [7, 11) is 0. The van der Waals surface area contributed by atoms with Crippen LogP contribution in [0.15, 0.2) is 35.7 Å². The molecule has 2 amide bonds. The third-order valence-corrected chi connectivity index (χ3v) is 8.48. The molecule has 3 aromatic rings. The van der Waals surface area contributed by atoms with Crippen LogP contribution < -0.4 is 4.90 Å². The molecular formula is C27H34N4O2S. The molecule has 0 saturated carbocycles. The Morgan fingerprint density at radius 2 is 1.82 bits per heavy atom. The second kappa shape index (κ2) is 9.45. The van der Waals surface area contributed by atoms with Gasteiger partial charge < -0.3 is 19.3 Å². The minimum atomic E-state index is -0.101. The number of carbonyl (C=O) groups excluding carboxylic acids is 2. The van der Waals surface area contributed by atoms with E-state index in [2.05, 4.69) is 59.9 Å². The molecule has 5 rings (SSSR count). The van der Waals surface area contributed by atoms with E-state index < -0.39 is 0 Å². The third-order valence-electron chi connectivity index (χ3n) is 7.62. The zero-order valence-corrected chi connectivity index (χ0v) is 21.2. The molecule has 2 aliphatic heterocycles. The van der Waals surface area contributed by atoms with Crippen LogP contribution in [0, 0.1) is 19.8 Å². The number of nitrogens with zero attached hydrogens (tertiary/aromatic N) is 4. The lowest BCUT2D eigenvalue weighted by molar-refractivity contribution is -0.137. The van der Waals surface area contributed by atoms with Crippen molar-refractivity contribution in [2.24, 2.45) is 5.92 Å². The van der Waals surface area contributed by atoms with Gasteiger partial charge in [0.05, 0.1) is 16.1 Å². The minimum absolute atomic E-state index is 0.0579. The quantitative estimate of drug-likeness (QED) is 0.553. The summed E-state index contributed by atoms with van der Waals surface area (Å²) in [5.74, 6) is 0.170. The highest BCUT2D eigenvalue weighted by Crippen LogP contribution is 2.29. The van der Waals surface area contributed by atoms with Crippen LogP contribution >= 0.6 is 11.3 Å². The van der Waals surface area contributed by atoms with Gasteiger partial charge in [-0.3, -0.25) is 9.59 Å². The van der Waals surface area contributed by atoms with E-state index in [0.717, 1.165) is 68.0 Å². The number of piperidine rings is 1. The summed E-state index contributed by atoms with van der Waals surface area (Å²) in [5, 5.41) is 2.07. The Kier molecular flexibility index (Phi) is 6.38. The molecule has 1 atom stereocenters. The van der Waals surface area contributed by atoms with Crippen LogP contribution in [0.25, 0.3) is 10.2 Å². The van der Waals surface area contributed by atoms with Crippen LogP contribution in [0.2, 0.25) is 0 Å². The van der Waals surface area contributed by atoms with Crippen molar-refractivity contribution in [1.29, 1.82) is 0 Å². The molecule has 1 unspecified atom stereocenters. The van der Waals surface area contributed by atoms with E-state index in [0.29, 0.717) is 6.54 Å². The standard InChI is InChI=1S/C27H34N4O2S/c1-4-31-23-10-16-34-25(23)17-24(31)27(33)30-11-6-8-21(18-30)26(32)29-14-12-28(13-15-29)22-9-5-7-19(2)20(22)3/h5,7,9-10,16-17,21H,4,6,8,11-15,18H2,1-3H3. The van der Waals surface area contributed by atoms with Gasteiger partial charge in [-0.05, 0) is 68.3 Å². The molecular weight excluding hydrogens is 444 g/mol. The van der Waals surface area contributed by atoms with E-state index in [1.54, 1.807) is 11.3 Å². The number of rotatable bonds is 4. The Bertz CT molecular complexity index is 1200. The number of amides is 2. The number of benzene rings is 1. The van der Waals surface area contributed by atoms with Crippen LogP contribution in [-0.4, -0.2) is 65.4 Å². The Labute approximate surface area is 205 Å². The highest BCUT2D eigenvalue weighted by molar-refractivity contribution is 7.17. The predicted octanol–water partition coefficient (Wildman–Crippen LogP) is 4.54. The molecule has 4 heterocycles. The maximum absolute atomic E-state index is 13.4. The second-order valence-corrected chi connectivity index (χ2v) is 10.5. The molecule has 2 saturated heterocycles. The Morgan fingerprint density at radius 3 is 2.59 bits per heavy atom. The fourth-order valence-corrected chi connectivity index (χ4v) is 6.35. The zero-order chi connectivity index (χ0) is 23.8. The number of hydrogen-bond acceptors (Lipinski definition) is 4. The van der Waals surface area contributed by atoms with Crippen LogP contribution in [-0.2, 0) is 11.3 Å². The maximum atomic E-state index is 13.4. The Balaban J connectivity index is 1.23. The SMILES string of the molecule is CCn1c(C(=O)N2CCCC(C(=O)N3CCN(c4cccc(C)c4C)CC3)C2)cc2sccc21. The molecule has 2 aliphatic rings. The van der Waals surface area contributed by atoms with Crippen LogP contribution in [0.4, 0.5) is 5.69 Å². The number of carbonyl (C=O) groups is 2. The Morgan fingerprint density at radius 1 is 1.03 bits per heavy atom. The average molecular weight is 479 g/mol. The van der Waals surface area contributed by atoms with Crippen molar-refractivity contribution in [3.05, 3.63) is 52.5 Å². The molecule has 0 bridgehead atoms. The van der Waals surface area contributed by atoms with Gasteiger partial charge in [0.1, 0.15) is 5.69 Å². The normalized spacial score (nSPS) is 19.1. The van der Waals surface area contributed by atoms with E-state index in [9.17, 15) is 9.59 Å². The number of hydrogen-bond donors (Lipinski definition) is 0. The highest BCUT2D eigenvalue weighted by atomic mass is 32.1. The number of anilines is 1. The van der Waals surface area contributed by atoms with Gasteiger partial charge in [-0.1, -0.05) is 12.1 Å². The number of fused-ring (bicyclic) bond motifs is 1. The first-order valence-electron chi connectivity index (χ1n) is 12.4. The molecule has 7 heteroatoms. The van der Waals surface area contributed by atoms with E-state index in [1.807, 2.05) is 15.9 Å². The summed E-state index contributed by atoms with van der Waals surface area (Å²) >= 11 is 1.67. The first-order valence-corrected chi connectivity index (χ1v) is 13.3. The van der Waals surface area contributed by atoms with E-state index in [1.165, 1.54) is 16.8 Å². The largest absolute Gasteiger partial charge is 0.368 e. The topological polar surface area (TPSA) is 48.8 Å². The summed E-state index contributed by atoms with van der Waals surface area (Å²) in [6, 6.07) is 10.5. The predicted molar refractivity (Wildman–Crippen MR) is 139 cm³/mol. The summed E-state index contributed by atoms with van der Waals surface area (Å²) in [5.41, 5.74) is 5.78. The lowest BCUT2D eigenvalue weighted by atomic mass is 9.95. The molecule has 0 spiro atoms. The summed E-state index contributed by atoms with van der Waals surface area (Å²) in [6.45, 7) is 11.6. The Hall–Kier alpha value is -2.80. The smallest absolute Gasteiger partial charge is 0.270 e. The fraction of sp³-hybridized carbons (Fsp3) is 0.481. The van der Waals surface area contributed by atoms with E-state index >= 15 is 0 Å². The molecule has 2 aromatic heterocycles. The molecule has 34 heavy (non-hydrogen) atoms. The van der Waals surface area contributed by atoms with Crippen molar-refractivity contribution in [2.45, 2.75) is 40.2 Å². The van der Waals surface area contributed by atoms with Crippen molar-refractivity contribution in [3.8, 4) is 0 Å². The van der Waals surface area contributed by atoms with Gasteiger partial charge in [-0.2, -0.15) is 0 Å². The molecule has 0 N–H and O–H groups in total. The summed E-state index contributed by atoms with van der Waals surface area (Å²) < 4.78 is 3.25. The van der Waals surface area contributed by atoms with Crippen LogP contribution in [0.1, 0.15) is 41.4 Å². The van der Waals surface area contributed by atoms with Crippen molar-refractivity contribution >= 4 is 39.1 Å². The fourth-order valence-electron chi connectivity index (χ4n) is 5.52. The molecule has 1 aromatic carbocycles. The van der Waals surface area contributed by atoms with Crippen molar-refractivity contribution in [3.63, 3.8) is 0 Å². The number of aryl methyl sites for hydroxylation is 2. The van der Waals surface area contributed by atoms with Gasteiger partial charge in [0.2, 0.25) is 5.91 Å². The van der Waals surface area contributed by atoms with Crippen molar-refractivity contribution < 1.29 is 9.59 Å². The monoisotopic (exact) mass is 478 g/mol.